The Morgan fingerprint density at radius 3 is 2.76 bits per heavy atom. The highest BCUT2D eigenvalue weighted by Gasteiger charge is 2.23. The van der Waals surface area contributed by atoms with E-state index in [2.05, 4.69) is 55.0 Å². The van der Waals surface area contributed by atoms with E-state index in [0.717, 1.165) is 18.4 Å². The molecule has 1 atom stereocenters. The van der Waals surface area contributed by atoms with Crippen LogP contribution in [-0.2, 0) is 6.54 Å². The molecule has 1 saturated carbocycles. The lowest BCUT2D eigenvalue weighted by atomic mass is 10.1. The highest BCUT2D eigenvalue weighted by atomic mass is 32.2. The Labute approximate surface area is 132 Å². The number of hydrogen-bond donors (Lipinski definition) is 1. The molecule has 0 aromatic carbocycles. The fourth-order valence-corrected chi connectivity index (χ4v) is 4.00. The number of hydrogen-bond acceptors (Lipinski definition) is 4. The second-order valence-corrected chi connectivity index (χ2v) is 7.85. The molecule has 1 aromatic rings. The van der Waals surface area contributed by atoms with E-state index in [9.17, 15) is 0 Å². The van der Waals surface area contributed by atoms with Crippen LogP contribution in [0.25, 0.3) is 0 Å². The van der Waals surface area contributed by atoms with Gasteiger partial charge in [-0.25, -0.2) is 4.98 Å². The van der Waals surface area contributed by atoms with Gasteiger partial charge in [0, 0.05) is 37.1 Å². The molecular weight excluding hydrogens is 278 g/mol. The van der Waals surface area contributed by atoms with Crippen LogP contribution in [0.2, 0.25) is 0 Å². The summed E-state index contributed by atoms with van der Waals surface area (Å²) in [4.78, 5) is 7.30. The lowest BCUT2D eigenvalue weighted by Gasteiger charge is -2.26. The first-order valence-corrected chi connectivity index (χ1v) is 9.34. The van der Waals surface area contributed by atoms with E-state index in [1.54, 1.807) is 0 Å². The van der Waals surface area contributed by atoms with E-state index in [0.29, 0.717) is 12.0 Å². The molecule has 1 aromatic heterocycles. The van der Waals surface area contributed by atoms with Gasteiger partial charge >= 0.3 is 0 Å². The maximum absolute atomic E-state index is 4.91. The molecule has 116 valence electrons. The quantitative estimate of drug-likeness (QED) is 0.872. The van der Waals surface area contributed by atoms with Gasteiger partial charge in [0.05, 0.1) is 0 Å². The summed E-state index contributed by atoms with van der Waals surface area (Å²) < 4.78 is 0. The smallest absolute Gasteiger partial charge is 0.129 e. The second kappa shape index (κ2) is 6.57. The van der Waals surface area contributed by atoms with E-state index < -0.39 is 0 Å². The van der Waals surface area contributed by atoms with Crippen LogP contribution in [0.5, 0.6) is 0 Å². The first-order chi connectivity index (χ1) is 10.1. The van der Waals surface area contributed by atoms with Gasteiger partial charge in [-0.2, -0.15) is 11.8 Å². The number of anilines is 1. The molecule has 2 aliphatic rings. The van der Waals surface area contributed by atoms with Crippen molar-refractivity contribution in [2.45, 2.75) is 57.7 Å². The molecule has 2 fully saturated rings. The van der Waals surface area contributed by atoms with Crippen molar-refractivity contribution in [3.63, 3.8) is 0 Å². The summed E-state index contributed by atoms with van der Waals surface area (Å²) in [7, 11) is 2.21. The molecule has 1 saturated heterocycles. The van der Waals surface area contributed by atoms with Gasteiger partial charge in [-0.15, -0.1) is 0 Å². The van der Waals surface area contributed by atoms with Gasteiger partial charge in [-0.05, 0) is 48.6 Å². The van der Waals surface area contributed by atoms with E-state index in [1.807, 2.05) is 0 Å². The van der Waals surface area contributed by atoms with E-state index in [1.165, 1.54) is 42.0 Å². The number of pyridine rings is 1. The lowest BCUT2D eigenvalue weighted by molar-refractivity contribution is 0.671. The Morgan fingerprint density at radius 2 is 2.14 bits per heavy atom. The number of nitrogens with zero attached hydrogens (tertiary/aromatic N) is 2. The molecule has 1 N–H and O–H groups in total. The van der Waals surface area contributed by atoms with Crippen LogP contribution in [0.15, 0.2) is 12.1 Å². The molecule has 0 spiro atoms. The van der Waals surface area contributed by atoms with Crippen molar-refractivity contribution in [3.8, 4) is 0 Å². The Kier molecular flexibility index (Phi) is 4.75. The predicted molar refractivity (Wildman–Crippen MR) is 92.3 cm³/mol. The van der Waals surface area contributed by atoms with Crippen molar-refractivity contribution in [3.05, 3.63) is 23.4 Å². The van der Waals surface area contributed by atoms with Gasteiger partial charge in [0.15, 0.2) is 0 Å². The van der Waals surface area contributed by atoms with E-state index in [-0.39, 0.29) is 0 Å². The predicted octanol–water partition coefficient (Wildman–Crippen LogP) is 3.40. The summed E-state index contributed by atoms with van der Waals surface area (Å²) >= 11 is 2.06. The van der Waals surface area contributed by atoms with Crippen LogP contribution in [0, 0.1) is 0 Å². The highest BCUT2D eigenvalue weighted by molar-refractivity contribution is 7.99. The minimum absolute atomic E-state index is 0.482. The zero-order chi connectivity index (χ0) is 14.8. The standard InChI is InChI=1S/C17H27N3S/c1-12(2)16-8-13(10-18-14-4-5-14)9-17(19-16)20(3)15-6-7-21-11-15/h8-9,12,14-15,18H,4-7,10-11H2,1-3H3. The molecule has 1 aliphatic heterocycles. The molecule has 21 heavy (non-hydrogen) atoms. The van der Waals surface area contributed by atoms with Crippen molar-refractivity contribution in [2.75, 3.05) is 23.5 Å². The summed E-state index contributed by atoms with van der Waals surface area (Å²) in [6.45, 7) is 5.44. The zero-order valence-electron chi connectivity index (χ0n) is 13.4. The van der Waals surface area contributed by atoms with Gasteiger partial charge in [0.25, 0.3) is 0 Å². The normalized spacial score (nSPS) is 22.0. The van der Waals surface area contributed by atoms with E-state index >= 15 is 0 Å². The average Bonchev–Trinajstić information content (AvgIpc) is 3.15. The number of nitrogens with one attached hydrogen (secondary N) is 1. The third-order valence-corrected chi connectivity index (χ3v) is 5.61. The van der Waals surface area contributed by atoms with Crippen LogP contribution in [0.3, 0.4) is 0 Å². The van der Waals surface area contributed by atoms with Gasteiger partial charge in [0.2, 0.25) is 0 Å². The highest BCUT2D eigenvalue weighted by Crippen LogP contribution is 2.27. The van der Waals surface area contributed by atoms with Gasteiger partial charge < -0.3 is 10.2 Å². The summed E-state index contributed by atoms with van der Waals surface area (Å²) in [5.41, 5.74) is 2.60. The largest absolute Gasteiger partial charge is 0.356 e. The van der Waals surface area contributed by atoms with Crippen molar-refractivity contribution in [1.29, 1.82) is 0 Å². The molecule has 0 bridgehead atoms. The van der Waals surface area contributed by atoms with Crippen LogP contribution < -0.4 is 10.2 Å². The summed E-state index contributed by atoms with van der Waals surface area (Å²) in [5.74, 6) is 4.16. The number of thioether (sulfide) groups is 1. The SMILES string of the molecule is CC(C)c1cc(CNC2CC2)cc(N(C)C2CCSC2)n1. The zero-order valence-corrected chi connectivity index (χ0v) is 14.2. The van der Waals surface area contributed by atoms with Gasteiger partial charge in [-0.3, -0.25) is 0 Å². The maximum Gasteiger partial charge on any atom is 0.129 e. The van der Waals surface area contributed by atoms with Crippen molar-refractivity contribution < 1.29 is 0 Å². The van der Waals surface area contributed by atoms with Crippen LogP contribution in [0.4, 0.5) is 5.82 Å². The molecule has 1 unspecified atom stereocenters. The summed E-state index contributed by atoms with van der Waals surface area (Å²) in [6.07, 6.45) is 3.97. The Hall–Kier alpha value is -0.740. The maximum atomic E-state index is 4.91. The topological polar surface area (TPSA) is 28.2 Å². The summed E-state index contributed by atoms with van der Waals surface area (Å²) in [5, 5.41) is 3.62. The first kappa shape index (κ1) is 15.2. The molecule has 0 radical (unpaired) electrons. The fourth-order valence-electron chi connectivity index (χ4n) is 2.74. The van der Waals surface area contributed by atoms with Crippen LogP contribution >= 0.6 is 11.8 Å². The minimum atomic E-state index is 0.482. The molecule has 0 amide bonds. The molecule has 2 heterocycles. The average molecular weight is 305 g/mol. The third-order valence-electron chi connectivity index (χ3n) is 4.47. The first-order valence-electron chi connectivity index (χ1n) is 8.18. The molecule has 3 nitrogen and oxygen atoms in total. The Bertz CT molecular complexity index is 479. The number of rotatable bonds is 6. The molecular formula is C17H27N3S. The number of aromatic nitrogens is 1. The van der Waals surface area contributed by atoms with Crippen molar-refractivity contribution in [2.24, 2.45) is 0 Å². The third kappa shape index (κ3) is 3.92. The van der Waals surface area contributed by atoms with E-state index in [4.69, 9.17) is 4.98 Å². The van der Waals surface area contributed by atoms with Crippen LogP contribution in [0.1, 0.15) is 50.3 Å². The van der Waals surface area contributed by atoms with Gasteiger partial charge in [0.1, 0.15) is 5.82 Å². The second-order valence-electron chi connectivity index (χ2n) is 6.70. The minimum Gasteiger partial charge on any atom is -0.356 e. The summed E-state index contributed by atoms with van der Waals surface area (Å²) in [6, 6.07) is 5.97. The fraction of sp³-hybridized carbons (Fsp3) is 0.706. The van der Waals surface area contributed by atoms with Crippen molar-refractivity contribution >= 4 is 17.6 Å². The molecule has 1 aliphatic carbocycles. The van der Waals surface area contributed by atoms with Crippen molar-refractivity contribution in [1.82, 2.24) is 10.3 Å². The Balaban J connectivity index is 1.79. The van der Waals surface area contributed by atoms with Gasteiger partial charge in [-0.1, -0.05) is 13.8 Å². The van der Waals surface area contributed by atoms with Crippen LogP contribution in [-0.4, -0.2) is 35.6 Å². The molecule has 4 heteroatoms. The monoisotopic (exact) mass is 305 g/mol. The lowest BCUT2D eigenvalue weighted by Crippen LogP contribution is -2.32. The Morgan fingerprint density at radius 1 is 1.33 bits per heavy atom. The molecule has 3 rings (SSSR count).